The molecule has 0 unspecified atom stereocenters. The molecule has 0 fully saturated rings. The number of anilines is 2. The number of hydrogen-bond donors (Lipinski definition) is 2. The third-order valence-corrected chi connectivity index (χ3v) is 5.53. The van der Waals surface area contributed by atoms with Crippen molar-refractivity contribution in [2.24, 2.45) is 0 Å². The van der Waals surface area contributed by atoms with E-state index >= 15 is 0 Å². The van der Waals surface area contributed by atoms with E-state index in [0.717, 1.165) is 16.6 Å². The van der Waals surface area contributed by atoms with Crippen molar-refractivity contribution in [1.29, 1.82) is 0 Å². The Morgan fingerprint density at radius 3 is 2.88 bits per heavy atom. The normalized spacial score (nSPS) is 11.0. The second kappa shape index (κ2) is 7.17. The number of nitrogens with two attached hydrogens (primary N) is 1. The number of methoxy groups -OCH3 is 1. The molecule has 3 N–H and O–H groups in total. The molecule has 8 heteroatoms. The summed E-state index contributed by atoms with van der Waals surface area (Å²) in [4.78, 5) is 18.2. The van der Waals surface area contributed by atoms with E-state index < -0.39 is 0 Å². The maximum absolute atomic E-state index is 12.7. The second-order valence-electron chi connectivity index (χ2n) is 5.44. The number of nitrogens with one attached hydrogen (secondary N) is 1. The van der Waals surface area contributed by atoms with Crippen molar-refractivity contribution in [2.45, 2.75) is 13.5 Å². The average Bonchev–Trinajstić information content (AvgIpc) is 2.89. The second-order valence-corrected chi connectivity index (χ2v) is 7.22. The third kappa shape index (κ3) is 3.43. The fourth-order valence-corrected chi connectivity index (χ4v) is 3.98. The highest BCUT2D eigenvalue weighted by Crippen LogP contribution is 2.37. The van der Waals surface area contributed by atoms with Gasteiger partial charge in [-0.15, -0.1) is 11.3 Å². The summed E-state index contributed by atoms with van der Waals surface area (Å²) < 4.78 is 5.23. The fourth-order valence-electron chi connectivity index (χ4n) is 2.55. The van der Waals surface area contributed by atoms with Gasteiger partial charge in [-0.25, -0.2) is 4.98 Å². The van der Waals surface area contributed by atoms with Crippen molar-refractivity contribution in [3.8, 4) is 0 Å². The number of halogens is 2. The highest BCUT2D eigenvalue weighted by molar-refractivity contribution is 7.21. The van der Waals surface area contributed by atoms with Crippen molar-refractivity contribution < 1.29 is 9.53 Å². The largest absolute Gasteiger partial charge is 0.397 e. The number of ether oxygens (including phenoxy) is 1. The topological polar surface area (TPSA) is 77.2 Å². The smallest absolute Gasteiger partial charge is 0.267 e. The van der Waals surface area contributed by atoms with Crippen molar-refractivity contribution >= 4 is 62.0 Å². The van der Waals surface area contributed by atoms with Crippen molar-refractivity contribution in [3.63, 3.8) is 0 Å². The standard InChI is InChI=1S/C17H15Cl2N3O2S/c1-8-6-9(7-24-2)12-14(20)15(25-17(12)21-8)16(23)22-11-5-3-4-10(18)13(11)19/h3-6H,7,20H2,1-2H3,(H,22,23). The molecule has 3 aromatic rings. The molecular weight excluding hydrogens is 381 g/mol. The zero-order valence-electron chi connectivity index (χ0n) is 13.5. The van der Waals surface area contributed by atoms with Gasteiger partial charge in [-0.1, -0.05) is 29.3 Å². The minimum atomic E-state index is -0.356. The third-order valence-electron chi connectivity index (χ3n) is 3.61. The molecule has 1 aromatic carbocycles. The van der Waals surface area contributed by atoms with Gasteiger partial charge in [0.25, 0.3) is 5.91 Å². The van der Waals surface area contributed by atoms with Crippen LogP contribution in [-0.2, 0) is 11.3 Å². The summed E-state index contributed by atoms with van der Waals surface area (Å²) in [7, 11) is 1.61. The van der Waals surface area contributed by atoms with Gasteiger partial charge >= 0.3 is 0 Å². The van der Waals surface area contributed by atoms with Gasteiger partial charge in [-0.05, 0) is 30.7 Å². The summed E-state index contributed by atoms with van der Waals surface area (Å²) >= 11 is 13.3. The van der Waals surface area contributed by atoms with Crippen molar-refractivity contribution in [2.75, 3.05) is 18.2 Å². The summed E-state index contributed by atoms with van der Waals surface area (Å²) in [5.41, 5.74) is 8.79. The first-order valence-electron chi connectivity index (χ1n) is 7.35. The fraction of sp³-hybridized carbons (Fsp3) is 0.176. The highest BCUT2D eigenvalue weighted by atomic mass is 35.5. The summed E-state index contributed by atoms with van der Waals surface area (Å²) in [6.07, 6.45) is 0. The molecule has 1 amide bonds. The first-order valence-corrected chi connectivity index (χ1v) is 8.92. The summed E-state index contributed by atoms with van der Waals surface area (Å²) in [5.74, 6) is -0.356. The van der Waals surface area contributed by atoms with Crippen LogP contribution in [0.3, 0.4) is 0 Å². The predicted octanol–water partition coefficient (Wildman–Crippen LogP) is 4.89. The number of amides is 1. The Labute approximate surface area is 158 Å². The van der Waals surface area contributed by atoms with Crippen molar-refractivity contribution in [3.05, 3.63) is 50.4 Å². The minimum Gasteiger partial charge on any atom is -0.397 e. The van der Waals surface area contributed by atoms with Gasteiger partial charge in [0.15, 0.2) is 0 Å². The van der Waals surface area contributed by atoms with E-state index in [1.165, 1.54) is 11.3 Å². The van der Waals surface area contributed by atoms with Crippen LogP contribution in [0.4, 0.5) is 11.4 Å². The van der Waals surface area contributed by atoms with E-state index in [2.05, 4.69) is 10.3 Å². The van der Waals surface area contributed by atoms with Crippen LogP contribution in [0.25, 0.3) is 10.2 Å². The number of nitrogen functional groups attached to an aromatic ring is 1. The molecule has 0 radical (unpaired) electrons. The number of hydrogen-bond acceptors (Lipinski definition) is 5. The molecule has 0 atom stereocenters. The van der Waals surface area contributed by atoms with Gasteiger partial charge in [0, 0.05) is 18.2 Å². The molecular formula is C17H15Cl2N3O2S. The Morgan fingerprint density at radius 2 is 2.16 bits per heavy atom. The number of carbonyl (C=O) groups excluding carboxylic acids is 1. The van der Waals surface area contributed by atoms with Crippen LogP contribution in [0.2, 0.25) is 10.0 Å². The van der Waals surface area contributed by atoms with Gasteiger partial charge < -0.3 is 15.8 Å². The van der Waals surface area contributed by atoms with E-state index in [0.29, 0.717) is 32.7 Å². The number of pyridine rings is 1. The molecule has 0 saturated heterocycles. The zero-order chi connectivity index (χ0) is 18.1. The van der Waals surface area contributed by atoms with E-state index in [1.807, 2.05) is 13.0 Å². The monoisotopic (exact) mass is 395 g/mol. The lowest BCUT2D eigenvalue weighted by Gasteiger charge is -2.08. The molecule has 0 bridgehead atoms. The summed E-state index contributed by atoms with van der Waals surface area (Å²) in [6, 6.07) is 6.94. The molecule has 25 heavy (non-hydrogen) atoms. The maximum atomic E-state index is 12.7. The molecule has 0 aliphatic rings. The van der Waals surface area contributed by atoms with Crippen LogP contribution >= 0.6 is 34.5 Å². The quantitative estimate of drug-likeness (QED) is 0.658. The van der Waals surface area contributed by atoms with Crippen LogP contribution in [0.5, 0.6) is 0 Å². The predicted molar refractivity (Wildman–Crippen MR) is 104 cm³/mol. The number of carbonyl (C=O) groups is 1. The molecule has 5 nitrogen and oxygen atoms in total. The first-order chi connectivity index (χ1) is 11.9. The van der Waals surface area contributed by atoms with E-state index in [1.54, 1.807) is 25.3 Å². The number of thiophene rings is 1. The Kier molecular flexibility index (Phi) is 5.15. The lowest BCUT2D eigenvalue weighted by molar-refractivity contribution is 0.103. The van der Waals surface area contributed by atoms with Crippen molar-refractivity contribution in [1.82, 2.24) is 4.98 Å². The highest BCUT2D eigenvalue weighted by Gasteiger charge is 2.21. The number of aromatic nitrogens is 1. The Hall–Kier alpha value is -1.86. The first kappa shape index (κ1) is 17.9. The van der Waals surface area contributed by atoms with Gasteiger partial charge in [-0.3, -0.25) is 4.79 Å². The lowest BCUT2D eigenvalue weighted by atomic mass is 10.1. The molecule has 2 heterocycles. The van der Waals surface area contributed by atoms with Gasteiger partial charge in [0.1, 0.15) is 9.71 Å². The molecule has 3 rings (SSSR count). The Morgan fingerprint density at radius 1 is 1.40 bits per heavy atom. The SMILES string of the molecule is COCc1cc(C)nc2sc(C(=O)Nc3cccc(Cl)c3Cl)c(N)c12. The number of rotatable bonds is 4. The summed E-state index contributed by atoms with van der Waals surface area (Å²) in [5, 5.41) is 4.15. The van der Waals surface area contributed by atoms with E-state index in [9.17, 15) is 4.79 Å². The lowest BCUT2D eigenvalue weighted by Crippen LogP contribution is -2.12. The average molecular weight is 396 g/mol. The molecule has 0 saturated carbocycles. The molecule has 130 valence electrons. The van der Waals surface area contributed by atoms with Gasteiger partial charge in [0.05, 0.1) is 28.0 Å². The number of benzene rings is 1. The summed E-state index contributed by atoms with van der Waals surface area (Å²) in [6.45, 7) is 2.28. The van der Waals surface area contributed by atoms with E-state index in [-0.39, 0.29) is 10.9 Å². The molecule has 2 aromatic heterocycles. The maximum Gasteiger partial charge on any atom is 0.267 e. The Balaban J connectivity index is 2.03. The zero-order valence-corrected chi connectivity index (χ0v) is 15.9. The number of fused-ring (bicyclic) bond motifs is 1. The van der Waals surface area contributed by atoms with Crippen LogP contribution in [-0.4, -0.2) is 18.0 Å². The van der Waals surface area contributed by atoms with Gasteiger partial charge in [-0.2, -0.15) is 0 Å². The molecule has 0 spiro atoms. The van der Waals surface area contributed by atoms with Gasteiger partial charge in [0.2, 0.25) is 0 Å². The van der Waals surface area contributed by atoms with E-state index in [4.69, 9.17) is 33.7 Å². The molecule has 0 aliphatic heterocycles. The number of nitrogens with zero attached hydrogens (tertiary/aromatic N) is 1. The van der Waals surface area contributed by atoms with Crippen LogP contribution in [0.1, 0.15) is 20.9 Å². The minimum absolute atomic E-state index is 0.284. The Bertz CT molecular complexity index is 972. The van der Waals surface area contributed by atoms with Crippen LogP contribution in [0, 0.1) is 6.92 Å². The number of aryl methyl sites for hydroxylation is 1. The molecule has 0 aliphatic carbocycles. The van der Waals surface area contributed by atoms with Crippen LogP contribution < -0.4 is 11.1 Å². The van der Waals surface area contributed by atoms with Crippen LogP contribution in [0.15, 0.2) is 24.3 Å².